The number of esters is 2. The van der Waals surface area contributed by atoms with Crippen molar-refractivity contribution < 1.29 is 32.3 Å². The van der Waals surface area contributed by atoms with E-state index in [1.807, 2.05) is 0 Å². The summed E-state index contributed by atoms with van der Waals surface area (Å²) in [4.78, 5) is 36.2. The van der Waals surface area contributed by atoms with Crippen LogP contribution in [0, 0.1) is 12.8 Å². The Labute approximate surface area is 152 Å². The summed E-state index contributed by atoms with van der Waals surface area (Å²) >= 11 is 0. The molecule has 0 bridgehead atoms. The summed E-state index contributed by atoms with van der Waals surface area (Å²) in [7, 11) is -4.18. The lowest BCUT2D eigenvalue weighted by Crippen LogP contribution is -2.52. The number of benzene rings is 1. The zero-order valence-corrected chi connectivity index (χ0v) is 16.0. The van der Waals surface area contributed by atoms with E-state index in [2.05, 4.69) is 4.72 Å². The van der Waals surface area contributed by atoms with Crippen LogP contribution in [0.3, 0.4) is 0 Å². The summed E-state index contributed by atoms with van der Waals surface area (Å²) < 4.78 is 36.9. The van der Waals surface area contributed by atoms with Gasteiger partial charge in [0.05, 0.1) is 18.1 Å². The molecule has 0 saturated carbocycles. The fourth-order valence-corrected chi connectivity index (χ4v) is 3.40. The second kappa shape index (κ2) is 9.44. The first-order valence-electron chi connectivity index (χ1n) is 8.06. The second-order valence-electron chi connectivity index (χ2n) is 5.50. The molecule has 1 N–H and O–H groups in total. The number of nitrogens with one attached hydrogen (secondary N) is 1. The van der Waals surface area contributed by atoms with Crippen molar-refractivity contribution in [3.63, 3.8) is 0 Å². The Bertz CT molecular complexity index is 756. The van der Waals surface area contributed by atoms with Crippen LogP contribution in [-0.4, -0.2) is 45.4 Å². The highest BCUT2D eigenvalue weighted by Gasteiger charge is 2.42. The lowest BCUT2D eigenvalue weighted by Gasteiger charge is -2.23. The smallest absolute Gasteiger partial charge is 0.325 e. The first-order chi connectivity index (χ1) is 12.1. The molecule has 0 heterocycles. The monoisotopic (exact) mass is 385 g/mol. The molecule has 2 unspecified atom stereocenters. The van der Waals surface area contributed by atoms with Crippen molar-refractivity contribution in [2.45, 2.75) is 38.6 Å². The van der Waals surface area contributed by atoms with Crippen LogP contribution in [0.1, 0.15) is 26.3 Å². The number of hydrogen-bond donors (Lipinski definition) is 1. The minimum Gasteiger partial charge on any atom is -0.465 e. The van der Waals surface area contributed by atoms with Crippen molar-refractivity contribution in [3.05, 3.63) is 29.8 Å². The molecule has 8 nitrogen and oxygen atoms in total. The Morgan fingerprint density at radius 3 is 1.96 bits per heavy atom. The first kappa shape index (κ1) is 21.8. The Balaban J connectivity index is 3.28. The van der Waals surface area contributed by atoms with Crippen molar-refractivity contribution in [3.8, 4) is 0 Å². The van der Waals surface area contributed by atoms with Gasteiger partial charge in [0.1, 0.15) is 17.7 Å². The standard InChI is InChI=1S/C17H23NO7S/c1-5-24-16(20)14(12(4)19)15(17(21)25-6-2)18-26(22,23)13-9-7-11(3)8-10-13/h7-10,14-15,18H,5-6H2,1-4H3. The molecule has 1 aromatic rings. The van der Waals surface area contributed by atoms with E-state index < -0.39 is 39.7 Å². The molecule has 0 aliphatic rings. The maximum absolute atomic E-state index is 12.6. The van der Waals surface area contributed by atoms with Gasteiger partial charge in [0, 0.05) is 0 Å². The molecule has 0 aliphatic carbocycles. The van der Waals surface area contributed by atoms with E-state index >= 15 is 0 Å². The van der Waals surface area contributed by atoms with Gasteiger partial charge in [-0.15, -0.1) is 0 Å². The van der Waals surface area contributed by atoms with Gasteiger partial charge < -0.3 is 9.47 Å². The van der Waals surface area contributed by atoms with Gasteiger partial charge in [-0.05, 0) is 39.8 Å². The van der Waals surface area contributed by atoms with Crippen molar-refractivity contribution in [2.24, 2.45) is 5.92 Å². The highest BCUT2D eigenvalue weighted by atomic mass is 32.2. The van der Waals surface area contributed by atoms with Crippen molar-refractivity contribution in [1.82, 2.24) is 4.72 Å². The summed E-state index contributed by atoms with van der Waals surface area (Å²) in [6.45, 7) is 5.85. The molecule has 0 aromatic heterocycles. The van der Waals surface area contributed by atoms with Gasteiger partial charge in [0.2, 0.25) is 10.0 Å². The molecule has 0 aliphatic heterocycles. The molecule has 0 saturated heterocycles. The van der Waals surface area contributed by atoms with E-state index in [1.165, 1.54) is 26.0 Å². The predicted molar refractivity (Wildman–Crippen MR) is 92.7 cm³/mol. The van der Waals surface area contributed by atoms with Crippen LogP contribution in [0.5, 0.6) is 0 Å². The van der Waals surface area contributed by atoms with E-state index in [9.17, 15) is 22.8 Å². The molecule has 26 heavy (non-hydrogen) atoms. The summed E-state index contributed by atoms with van der Waals surface area (Å²) in [5.41, 5.74) is 0.846. The number of aryl methyl sites for hydroxylation is 1. The normalized spacial score (nSPS) is 13.5. The lowest BCUT2D eigenvalue weighted by molar-refractivity contribution is -0.159. The number of Topliss-reactive ketones (excluding diaryl/α,β-unsaturated/α-hetero) is 1. The summed E-state index contributed by atoms with van der Waals surface area (Å²) in [5.74, 6) is -4.39. The zero-order chi connectivity index (χ0) is 19.9. The van der Waals surface area contributed by atoms with Gasteiger partial charge in [-0.2, -0.15) is 4.72 Å². The number of rotatable bonds is 9. The van der Waals surface area contributed by atoms with Gasteiger partial charge >= 0.3 is 11.9 Å². The molecule has 9 heteroatoms. The molecule has 1 rings (SSSR count). The van der Waals surface area contributed by atoms with E-state index in [4.69, 9.17) is 9.47 Å². The molecular formula is C17H23NO7S. The lowest BCUT2D eigenvalue weighted by atomic mass is 9.96. The minimum absolute atomic E-state index is 0.0249. The van der Waals surface area contributed by atoms with Crippen molar-refractivity contribution in [2.75, 3.05) is 13.2 Å². The minimum atomic E-state index is -4.18. The predicted octanol–water partition coefficient (Wildman–Crippen LogP) is 0.973. The van der Waals surface area contributed by atoms with E-state index in [0.717, 1.165) is 12.5 Å². The van der Waals surface area contributed by atoms with Crippen molar-refractivity contribution >= 4 is 27.7 Å². The maximum Gasteiger partial charge on any atom is 0.325 e. The Hall–Kier alpha value is -2.26. The van der Waals surface area contributed by atoms with Crippen molar-refractivity contribution in [1.29, 1.82) is 0 Å². The Kier molecular flexibility index (Phi) is 7.91. The summed E-state index contributed by atoms with van der Waals surface area (Å²) in [6.07, 6.45) is 0. The largest absolute Gasteiger partial charge is 0.465 e. The van der Waals surface area contributed by atoms with Crippen LogP contribution >= 0.6 is 0 Å². The van der Waals surface area contributed by atoms with Crippen LogP contribution < -0.4 is 4.72 Å². The number of ether oxygens (including phenoxy) is 2. The van der Waals surface area contributed by atoms with Crippen LogP contribution in [0.15, 0.2) is 29.2 Å². The maximum atomic E-state index is 12.6. The van der Waals surface area contributed by atoms with Crippen LogP contribution in [-0.2, 0) is 33.9 Å². The quantitative estimate of drug-likeness (QED) is 0.497. The molecule has 0 amide bonds. The van der Waals surface area contributed by atoms with E-state index in [1.54, 1.807) is 19.1 Å². The average molecular weight is 385 g/mol. The van der Waals surface area contributed by atoms with E-state index in [0.29, 0.717) is 0 Å². The molecule has 144 valence electrons. The molecule has 0 fully saturated rings. The zero-order valence-electron chi connectivity index (χ0n) is 15.1. The number of carbonyl (C=O) groups is 3. The first-order valence-corrected chi connectivity index (χ1v) is 9.55. The van der Waals surface area contributed by atoms with Gasteiger partial charge in [-0.3, -0.25) is 14.4 Å². The number of carbonyl (C=O) groups excluding carboxylic acids is 3. The highest BCUT2D eigenvalue weighted by molar-refractivity contribution is 7.89. The average Bonchev–Trinajstić information content (AvgIpc) is 2.54. The summed E-state index contributed by atoms with van der Waals surface area (Å²) in [5, 5.41) is 0. The van der Waals surface area contributed by atoms with E-state index in [-0.39, 0.29) is 18.1 Å². The Morgan fingerprint density at radius 2 is 1.50 bits per heavy atom. The third kappa shape index (κ3) is 5.63. The fourth-order valence-electron chi connectivity index (χ4n) is 2.21. The van der Waals surface area contributed by atoms with Gasteiger partial charge in [0.15, 0.2) is 0 Å². The fraction of sp³-hybridized carbons (Fsp3) is 0.471. The SMILES string of the molecule is CCOC(=O)C(NS(=O)(=O)c1ccc(C)cc1)C(C(C)=O)C(=O)OCC. The molecule has 2 atom stereocenters. The van der Waals surface area contributed by atoms with Gasteiger partial charge in [-0.1, -0.05) is 17.7 Å². The number of sulfonamides is 1. The van der Waals surface area contributed by atoms with Crippen LogP contribution in [0.4, 0.5) is 0 Å². The summed E-state index contributed by atoms with van der Waals surface area (Å²) in [6, 6.07) is 4.15. The van der Waals surface area contributed by atoms with Gasteiger partial charge in [0.25, 0.3) is 0 Å². The molecular weight excluding hydrogens is 362 g/mol. The third-order valence-corrected chi connectivity index (χ3v) is 4.92. The number of hydrogen-bond acceptors (Lipinski definition) is 7. The molecule has 0 radical (unpaired) electrons. The highest BCUT2D eigenvalue weighted by Crippen LogP contribution is 2.16. The number of ketones is 1. The van der Waals surface area contributed by atoms with Crippen LogP contribution in [0.2, 0.25) is 0 Å². The molecule has 1 aromatic carbocycles. The van der Waals surface area contributed by atoms with Crippen LogP contribution in [0.25, 0.3) is 0 Å². The topological polar surface area (TPSA) is 116 Å². The molecule has 0 spiro atoms. The van der Waals surface area contributed by atoms with Gasteiger partial charge in [-0.25, -0.2) is 8.42 Å². The Morgan fingerprint density at radius 1 is 1.00 bits per heavy atom. The third-order valence-electron chi connectivity index (χ3n) is 3.47. The second-order valence-corrected chi connectivity index (χ2v) is 7.22.